The number of carbonyl (C=O) groups excluding carboxylic acids is 2. The van der Waals surface area contributed by atoms with Crippen molar-refractivity contribution in [3.8, 4) is 0 Å². The Kier molecular flexibility index (Phi) is 8.15. The molecule has 222 valence electrons. The Labute approximate surface area is 239 Å². The van der Waals surface area contributed by atoms with Crippen LogP contribution in [-0.4, -0.2) is 41.7 Å². The second kappa shape index (κ2) is 11.2. The van der Waals surface area contributed by atoms with Crippen LogP contribution in [0.25, 0.3) is 0 Å². The maximum atomic E-state index is 12.2. The van der Waals surface area contributed by atoms with Crippen molar-refractivity contribution in [2.45, 2.75) is 117 Å². The number of rotatable bonds is 9. The largest absolute Gasteiger partial charge is 0.494 e. The Morgan fingerprint density at radius 3 is 2.67 bits per heavy atom. The van der Waals surface area contributed by atoms with E-state index >= 15 is 0 Å². The van der Waals surface area contributed by atoms with Crippen molar-refractivity contribution in [2.24, 2.45) is 40.4 Å². The number of fused-ring (bicyclic) bond motifs is 7. The van der Waals surface area contributed by atoms with Crippen molar-refractivity contribution in [3.63, 3.8) is 0 Å². The molecule has 0 radical (unpaired) electrons. The predicted molar refractivity (Wildman–Crippen MR) is 152 cm³/mol. The molecule has 4 aliphatic carbocycles. The first-order chi connectivity index (χ1) is 18.9. The number of carbonyl (C=O) groups is 3. The third kappa shape index (κ3) is 5.34. The molecule has 0 spiro atoms. The zero-order chi connectivity index (χ0) is 28.8. The van der Waals surface area contributed by atoms with Gasteiger partial charge in [0.15, 0.2) is 0 Å². The average molecular weight is 556 g/mol. The van der Waals surface area contributed by atoms with Gasteiger partial charge in [-0.15, -0.1) is 0 Å². The Morgan fingerprint density at radius 2 is 1.95 bits per heavy atom. The zero-order valence-corrected chi connectivity index (χ0v) is 25.1. The van der Waals surface area contributed by atoms with Gasteiger partial charge < -0.3 is 19.9 Å². The Hall–Kier alpha value is -2.31. The van der Waals surface area contributed by atoms with E-state index in [4.69, 9.17) is 14.6 Å². The first kappa shape index (κ1) is 29.2. The highest BCUT2D eigenvalue weighted by Gasteiger charge is 2.63. The van der Waals surface area contributed by atoms with Crippen molar-refractivity contribution in [1.29, 1.82) is 0 Å². The third-order valence-electron chi connectivity index (χ3n) is 11.7. The van der Waals surface area contributed by atoms with Crippen LogP contribution in [0.4, 0.5) is 0 Å². The summed E-state index contributed by atoms with van der Waals surface area (Å²) in [5, 5.41) is 11.8. The minimum absolute atomic E-state index is 0.0338. The monoisotopic (exact) mass is 555 g/mol. The van der Waals surface area contributed by atoms with Gasteiger partial charge >= 0.3 is 11.9 Å². The number of aliphatic carboxylic acids is 1. The zero-order valence-electron chi connectivity index (χ0n) is 25.1. The molecule has 0 aromatic heterocycles. The molecule has 40 heavy (non-hydrogen) atoms. The van der Waals surface area contributed by atoms with E-state index in [2.05, 4.69) is 39.1 Å². The topological polar surface area (TPSA) is 102 Å². The molecule has 0 aromatic carbocycles. The molecule has 1 amide bonds. The van der Waals surface area contributed by atoms with Gasteiger partial charge in [-0.2, -0.15) is 0 Å². The Balaban J connectivity index is 1.24. The molecule has 9 atom stereocenters. The van der Waals surface area contributed by atoms with Gasteiger partial charge in [0.05, 0.1) is 18.6 Å². The maximum absolute atomic E-state index is 12.2. The summed E-state index contributed by atoms with van der Waals surface area (Å²) in [6.45, 7) is 11.8. The van der Waals surface area contributed by atoms with Crippen LogP contribution in [0.3, 0.4) is 0 Å². The van der Waals surface area contributed by atoms with Crippen LogP contribution in [0.1, 0.15) is 105 Å². The van der Waals surface area contributed by atoms with E-state index in [1.54, 1.807) is 6.92 Å². The van der Waals surface area contributed by atoms with Crippen molar-refractivity contribution in [3.05, 3.63) is 23.0 Å². The van der Waals surface area contributed by atoms with Gasteiger partial charge in [-0.3, -0.25) is 14.4 Å². The molecule has 5 rings (SSSR count). The van der Waals surface area contributed by atoms with Crippen molar-refractivity contribution < 1.29 is 29.0 Å². The van der Waals surface area contributed by atoms with Crippen LogP contribution >= 0.6 is 0 Å². The van der Waals surface area contributed by atoms with Crippen LogP contribution in [0.5, 0.6) is 0 Å². The molecule has 0 bridgehead atoms. The van der Waals surface area contributed by atoms with E-state index < -0.39 is 5.97 Å². The first-order valence-corrected chi connectivity index (χ1v) is 15.6. The summed E-state index contributed by atoms with van der Waals surface area (Å²) in [4.78, 5) is 34.3. The normalized spacial score (nSPS) is 38.7. The summed E-state index contributed by atoms with van der Waals surface area (Å²) < 4.78 is 12.4. The third-order valence-corrected chi connectivity index (χ3v) is 11.7. The number of carboxylic acid groups (broad SMARTS) is 1. The number of hydrogen-bond donors (Lipinski definition) is 2. The highest BCUT2D eigenvalue weighted by molar-refractivity contribution is 5.76. The van der Waals surface area contributed by atoms with E-state index in [-0.39, 0.29) is 41.7 Å². The minimum atomic E-state index is -0.963. The van der Waals surface area contributed by atoms with Gasteiger partial charge in [-0.25, -0.2) is 0 Å². The van der Waals surface area contributed by atoms with Gasteiger partial charge in [0, 0.05) is 32.2 Å². The van der Waals surface area contributed by atoms with Gasteiger partial charge in [-0.05, 0) is 91.9 Å². The number of hydrogen-bond acceptors (Lipinski definition) is 5. The second-order valence-electron chi connectivity index (χ2n) is 14.1. The van der Waals surface area contributed by atoms with Gasteiger partial charge in [0.1, 0.15) is 12.2 Å². The van der Waals surface area contributed by atoms with Crippen molar-refractivity contribution >= 4 is 17.8 Å². The van der Waals surface area contributed by atoms with Gasteiger partial charge in [-0.1, -0.05) is 32.4 Å². The van der Waals surface area contributed by atoms with E-state index in [1.807, 2.05) is 0 Å². The molecule has 7 heteroatoms. The predicted octanol–water partition coefficient (Wildman–Crippen LogP) is 6.18. The minimum Gasteiger partial charge on any atom is -0.494 e. The molecular weight excluding hydrogens is 506 g/mol. The van der Waals surface area contributed by atoms with E-state index in [9.17, 15) is 14.4 Å². The summed E-state index contributed by atoms with van der Waals surface area (Å²) in [7, 11) is 0. The number of esters is 1. The molecule has 0 aromatic rings. The first-order valence-electron chi connectivity index (χ1n) is 15.6. The average Bonchev–Trinajstić information content (AvgIpc) is 3.38. The van der Waals surface area contributed by atoms with Crippen molar-refractivity contribution in [1.82, 2.24) is 5.32 Å². The molecule has 0 unspecified atom stereocenters. The smallest absolute Gasteiger partial charge is 0.306 e. The highest BCUT2D eigenvalue weighted by Crippen LogP contribution is 2.69. The van der Waals surface area contributed by atoms with Crippen LogP contribution in [0, 0.1) is 40.4 Å². The quantitative estimate of drug-likeness (QED) is 0.260. The fourth-order valence-corrected chi connectivity index (χ4v) is 9.56. The molecule has 3 saturated carbocycles. The summed E-state index contributed by atoms with van der Waals surface area (Å²) >= 11 is 0. The lowest BCUT2D eigenvalue weighted by Gasteiger charge is -2.58. The molecule has 5 aliphatic rings. The summed E-state index contributed by atoms with van der Waals surface area (Å²) in [6.07, 6.45) is 11.8. The molecular formula is C33H49NO6. The summed E-state index contributed by atoms with van der Waals surface area (Å²) in [6, 6.07) is 0. The highest BCUT2D eigenvalue weighted by atomic mass is 16.5. The summed E-state index contributed by atoms with van der Waals surface area (Å²) in [5.41, 5.74) is 3.37. The second-order valence-corrected chi connectivity index (χ2v) is 14.1. The lowest BCUT2D eigenvalue weighted by Crippen LogP contribution is -2.50. The summed E-state index contributed by atoms with van der Waals surface area (Å²) in [5.74, 6) is 2.83. The Morgan fingerprint density at radius 1 is 1.18 bits per heavy atom. The molecule has 0 saturated heterocycles. The standard InChI is InChI=1S/C33H49NO6/c1-19(18-34-21(3)35)6-9-27-20(2)31-28(40-27)17-26-24-8-7-22-16-23(39-30(38)11-10-29(36)37)12-14-32(22,4)25(24)13-15-33(26,31)5/h7,19,23-26,28,31H,6,8-18H2,1-5H3,(H,34,35)(H,36,37)/t19-,23-,24-,25+,26+,28-,31+,32+,33+/m1/s1. The van der Waals surface area contributed by atoms with E-state index in [0.717, 1.165) is 51.5 Å². The maximum Gasteiger partial charge on any atom is 0.306 e. The fraction of sp³-hybridized carbons (Fsp3) is 0.788. The number of nitrogens with one attached hydrogen (secondary N) is 1. The molecule has 1 heterocycles. The number of amides is 1. The SMILES string of the molecule is CC(=O)NC[C@H](C)CCC1=C(C)[C@H]2[C@@H](C[C@H]3[C@@H]4CC=C5C[C@H](OC(=O)CCC(=O)O)CC[C@]5(C)[C@H]4CC[C@@]32C)O1. The van der Waals surface area contributed by atoms with E-state index in [0.29, 0.717) is 35.7 Å². The Bertz CT molecular complexity index is 1090. The van der Waals surface area contributed by atoms with Crippen LogP contribution < -0.4 is 5.32 Å². The van der Waals surface area contributed by atoms with Crippen LogP contribution in [0.2, 0.25) is 0 Å². The lowest BCUT2D eigenvalue weighted by molar-refractivity contribution is -0.154. The van der Waals surface area contributed by atoms with Crippen molar-refractivity contribution in [2.75, 3.05) is 6.54 Å². The molecule has 3 fully saturated rings. The molecule has 2 N–H and O–H groups in total. The van der Waals surface area contributed by atoms with E-state index in [1.165, 1.54) is 29.7 Å². The van der Waals surface area contributed by atoms with Crippen LogP contribution in [-0.2, 0) is 23.9 Å². The van der Waals surface area contributed by atoms with Crippen LogP contribution in [0.15, 0.2) is 23.0 Å². The van der Waals surface area contributed by atoms with Gasteiger partial charge in [0.25, 0.3) is 0 Å². The molecule has 1 aliphatic heterocycles. The lowest BCUT2D eigenvalue weighted by atomic mass is 9.47. The van der Waals surface area contributed by atoms with Gasteiger partial charge in [0.2, 0.25) is 5.91 Å². The molecule has 7 nitrogen and oxygen atoms in total. The number of allylic oxidation sites excluding steroid dienone is 2. The fourth-order valence-electron chi connectivity index (χ4n) is 9.56. The number of carboxylic acids is 1. The number of ether oxygens (including phenoxy) is 2.